The summed E-state index contributed by atoms with van der Waals surface area (Å²) in [6.07, 6.45) is 5.37. The lowest BCUT2D eigenvalue weighted by Gasteiger charge is -2.10. The summed E-state index contributed by atoms with van der Waals surface area (Å²) >= 11 is 1.63. The predicted molar refractivity (Wildman–Crippen MR) is 94.8 cm³/mol. The van der Waals surface area contributed by atoms with Crippen LogP contribution >= 0.6 is 11.3 Å². The van der Waals surface area contributed by atoms with Crippen molar-refractivity contribution in [3.63, 3.8) is 0 Å². The van der Waals surface area contributed by atoms with Gasteiger partial charge in [0.2, 0.25) is 5.91 Å². The second-order valence-electron chi connectivity index (χ2n) is 6.20. The van der Waals surface area contributed by atoms with Crippen molar-refractivity contribution in [3.05, 3.63) is 57.4 Å². The molecule has 2 aromatic heterocycles. The standard InChI is InChI=1S/C19H20N2OS/c22-19(11-14-4-3-9-23-14)20-12-13-7-8-18-16(10-13)15-5-1-2-6-17(15)21-18/h3-4,7-10,21H,1-2,5-6,11-12H2,(H,20,22). The van der Waals surface area contributed by atoms with E-state index >= 15 is 0 Å². The molecule has 118 valence electrons. The number of nitrogens with one attached hydrogen (secondary N) is 2. The Morgan fingerprint density at radius 1 is 1.22 bits per heavy atom. The van der Waals surface area contributed by atoms with Gasteiger partial charge in [-0.1, -0.05) is 12.1 Å². The van der Waals surface area contributed by atoms with Crippen LogP contribution in [0.25, 0.3) is 10.9 Å². The Morgan fingerprint density at radius 2 is 2.13 bits per heavy atom. The largest absolute Gasteiger partial charge is 0.358 e. The summed E-state index contributed by atoms with van der Waals surface area (Å²) in [6, 6.07) is 10.5. The van der Waals surface area contributed by atoms with E-state index in [1.165, 1.54) is 47.0 Å². The molecule has 0 bridgehead atoms. The molecule has 2 heterocycles. The number of aryl methyl sites for hydroxylation is 2. The predicted octanol–water partition coefficient (Wildman–Crippen LogP) is 3.97. The molecule has 0 spiro atoms. The molecule has 23 heavy (non-hydrogen) atoms. The van der Waals surface area contributed by atoms with Crippen LogP contribution in [0.2, 0.25) is 0 Å². The molecule has 2 N–H and O–H groups in total. The molecule has 1 aliphatic rings. The zero-order valence-corrected chi connectivity index (χ0v) is 13.8. The van der Waals surface area contributed by atoms with Crippen LogP contribution in [0.5, 0.6) is 0 Å². The number of hydrogen-bond acceptors (Lipinski definition) is 2. The van der Waals surface area contributed by atoms with Gasteiger partial charge < -0.3 is 10.3 Å². The van der Waals surface area contributed by atoms with E-state index in [9.17, 15) is 4.79 Å². The first-order chi connectivity index (χ1) is 11.3. The summed E-state index contributed by atoms with van der Waals surface area (Å²) in [5.41, 5.74) is 5.29. The lowest BCUT2D eigenvalue weighted by Crippen LogP contribution is -2.24. The van der Waals surface area contributed by atoms with E-state index in [0.29, 0.717) is 13.0 Å². The Balaban J connectivity index is 1.47. The molecule has 3 aromatic rings. The Hall–Kier alpha value is -2.07. The molecule has 4 heteroatoms. The Labute approximate surface area is 139 Å². The highest BCUT2D eigenvalue weighted by atomic mass is 32.1. The van der Waals surface area contributed by atoms with E-state index < -0.39 is 0 Å². The summed E-state index contributed by atoms with van der Waals surface area (Å²) in [6.45, 7) is 0.597. The first-order valence-electron chi connectivity index (χ1n) is 8.21. The van der Waals surface area contributed by atoms with Gasteiger partial charge in [-0.3, -0.25) is 4.79 Å². The first kappa shape index (κ1) is 14.5. The fraction of sp³-hybridized carbons (Fsp3) is 0.316. The summed E-state index contributed by atoms with van der Waals surface area (Å²) in [5.74, 6) is 0.0867. The molecule has 0 saturated carbocycles. The highest BCUT2D eigenvalue weighted by Crippen LogP contribution is 2.29. The van der Waals surface area contributed by atoms with Crippen molar-refractivity contribution in [1.29, 1.82) is 0 Å². The zero-order chi connectivity index (χ0) is 15.6. The number of H-pyrrole nitrogens is 1. The Kier molecular flexibility index (Phi) is 3.92. The molecule has 1 aromatic carbocycles. The van der Waals surface area contributed by atoms with Crippen molar-refractivity contribution in [3.8, 4) is 0 Å². The lowest BCUT2D eigenvalue weighted by molar-refractivity contribution is -0.120. The van der Waals surface area contributed by atoms with Crippen molar-refractivity contribution < 1.29 is 4.79 Å². The topological polar surface area (TPSA) is 44.9 Å². The van der Waals surface area contributed by atoms with Crippen LogP contribution in [0.1, 0.15) is 34.5 Å². The van der Waals surface area contributed by atoms with Crippen LogP contribution in [-0.2, 0) is 30.6 Å². The van der Waals surface area contributed by atoms with Gasteiger partial charge in [-0.15, -0.1) is 11.3 Å². The SMILES string of the molecule is O=C(Cc1cccs1)NCc1ccc2[nH]c3c(c2c1)CCCC3. The van der Waals surface area contributed by atoms with E-state index in [0.717, 1.165) is 11.3 Å². The van der Waals surface area contributed by atoms with Crippen LogP contribution in [0.15, 0.2) is 35.7 Å². The molecule has 0 fully saturated rings. The number of carbonyl (C=O) groups is 1. The van der Waals surface area contributed by atoms with Gasteiger partial charge in [-0.05, 0) is 60.4 Å². The van der Waals surface area contributed by atoms with Crippen LogP contribution in [-0.4, -0.2) is 10.9 Å². The van der Waals surface area contributed by atoms with Crippen molar-refractivity contribution in [2.75, 3.05) is 0 Å². The number of carbonyl (C=O) groups excluding carboxylic acids is 1. The van der Waals surface area contributed by atoms with Crippen molar-refractivity contribution in [2.24, 2.45) is 0 Å². The number of aromatic amines is 1. The van der Waals surface area contributed by atoms with Gasteiger partial charge in [0.25, 0.3) is 0 Å². The summed E-state index contributed by atoms with van der Waals surface area (Å²) in [5, 5.41) is 6.37. The molecule has 1 amide bonds. The Bertz CT molecular complexity index is 833. The quantitative estimate of drug-likeness (QED) is 0.749. The maximum Gasteiger partial charge on any atom is 0.225 e. The van der Waals surface area contributed by atoms with Gasteiger partial charge in [0.1, 0.15) is 0 Å². The van der Waals surface area contributed by atoms with Crippen LogP contribution in [0.4, 0.5) is 0 Å². The second kappa shape index (κ2) is 6.20. The molecule has 3 nitrogen and oxygen atoms in total. The average molecular weight is 324 g/mol. The van der Waals surface area contributed by atoms with E-state index in [1.54, 1.807) is 11.3 Å². The monoisotopic (exact) mass is 324 g/mol. The van der Waals surface area contributed by atoms with E-state index in [4.69, 9.17) is 0 Å². The molecule has 1 aliphatic carbocycles. The first-order valence-corrected chi connectivity index (χ1v) is 9.09. The summed E-state index contributed by atoms with van der Waals surface area (Å²) in [4.78, 5) is 16.7. The third-order valence-corrected chi connectivity index (χ3v) is 5.44. The third-order valence-electron chi connectivity index (χ3n) is 4.57. The van der Waals surface area contributed by atoms with E-state index in [2.05, 4.69) is 28.5 Å². The minimum Gasteiger partial charge on any atom is -0.358 e. The molecule has 4 rings (SSSR count). The van der Waals surface area contributed by atoms with Crippen LogP contribution in [0, 0.1) is 0 Å². The number of rotatable bonds is 4. The van der Waals surface area contributed by atoms with Crippen LogP contribution < -0.4 is 5.32 Å². The number of aromatic nitrogens is 1. The van der Waals surface area contributed by atoms with Crippen molar-refractivity contribution in [1.82, 2.24) is 10.3 Å². The smallest absolute Gasteiger partial charge is 0.225 e. The fourth-order valence-corrected chi connectivity index (χ4v) is 4.10. The molecule has 0 atom stereocenters. The van der Waals surface area contributed by atoms with E-state index in [1.807, 2.05) is 17.5 Å². The number of amides is 1. The summed E-state index contributed by atoms with van der Waals surface area (Å²) in [7, 11) is 0. The summed E-state index contributed by atoms with van der Waals surface area (Å²) < 4.78 is 0. The van der Waals surface area contributed by atoms with Gasteiger partial charge in [0.05, 0.1) is 6.42 Å². The number of thiophene rings is 1. The van der Waals surface area contributed by atoms with Crippen LogP contribution in [0.3, 0.4) is 0 Å². The minimum atomic E-state index is 0.0867. The van der Waals surface area contributed by atoms with Gasteiger partial charge in [-0.25, -0.2) is 0 Å². The highest BCUT2D eigenvalue weighted by Gasteiger charge is 2.15. The minimum absolute atomic E-state index is 0.0867. The van der Waals surface area contributed by atoms with Gasteiger partial charge in [-0.2, -0.15) is 0 Å². The third kappa shape index (κ3) is 3.04. The molecule has 0 saturated heterocycles. The molecular formula is C19H20N2OS. The maximum absolute atomic E-state index is 12.0. The van der Waals surface area contributed by atoms with Gasteiger partial charge in [0.15, 0.2) is 0 Å². The maximum atomic E-state index is 12.0. The number of hydrogen-bond donors (Lipinski definition) is 2. The number of fused-ring (bicyclic) bond motifs is 3. The normalized spacial score (nSPS) is 13.9. The van der Waals surface area contributed by atoms with Crippen molar-refractivity contribution >= 4 is 28.1 Å². The van der Waals surface area contributed by atoms with Gasteiger partial charge in [0, 0.05) is 28.0 Å². The molecule has 0 unspecified atom stereocenters. The second-order valence-corrected chi connectivity index (χ2v) is 7.23. The van der Waals surface area contributed by atoms with Gasteiger partial charge >= 0.3 is 0 Å². The highest BCUT2D eigenvalue weighted by molar-refractivity contribution is 7.10. The lowest BCUT2D eigenvalue weighted by atomic mass is 9.95. The van der Waals surface area contributed by atoms with Crippen molar-refractivity contribution in [2.45, 2.75) is 38.6 Å². The van der Waals surface area contributed by atoms with E-state index in [-0.39, 0.29) is 5.91 Å². The Morgan fingerprint density at radius 3 is 3.00 bits per heavy atom. The number of benzene rings is 1. The average Bonchev–Trinajstić information content (AvgIpc) is 3.20. The zero-order valence-electron chi connectivity index (χ0n) is 13.0. The molecular weight excluding hydrogens is 304 g/mol. The fourth-order valence-electron chi connectivity index (χ4n) is 3.40. The molecule has 0 aliphatic heterocycles. The molecule has 0 radical (unpaired) electrons.